The van der Waals surface area contributed by atoms with Crippen LogP contribution in [0.1, 0.15) is 10.4 Å². The van der Waals surface area contributed by atoms with Crippen LogP contribution in [0, 0.1) is 2.88 Å². The molecule has 0 bridgehead atoms. The third-order valence-electron chi connectivity index (χ3n) is 1.89. The van der Waals surface area contributed by atoms with Crippen molar-refractivity contribution in [3.8, 4) is 0 Å². The lowest BCUT2D eigenvalue weighted by Crippen LogP contribution is -2.13. The van der Waals surface area contributed by atoms with Crippen LogP contribution >= 0.6 is 33.9 Å². The summed E-state index contributed by atoms with van der Waals surface area (Å²) in [4.78, 5) is 11.7. The Morgan fingerprint density at radius 3 is 3.00 bits per heavy atom. The van der Waals surface area contributed by atoms with Gasteiger partial charge in [0, 0.05) is 18.5 Å². The van der Waals surface area contributed by atoms with E-state index in [-0.39, 0.29) is 5.91 Å². The van der Waals surface area contributed by atoms with Crippen molar-refractivity contribution in [3.05, 3.63) is 32.2 Å². The lowest BCUT2D eigenvalue weighted by Gasteiger charge is -2.02. The Morgan fingerprint density at radius 2 is 2.47 bits per heavy atom. The summed E-state index contributed by atoms with van der Waals surface area (Å²) in [7, 11) is 1.78. The first-order chi connectivity index (χ1) is 7.16. The number of carbonyl (C=O) groups is 1. The van der Waals surface area contributed by atoms with Gasteiger partial charge >= 0.3 is 0 Å². The Bertz CT molecular complexity index is 491. The average Bonchev–Trinajstić information content (AvgIpc) is 2.77. The van der Waals surface area contributed by atoms with Gasteiger partial charge < -0.3 is 5.32 Å². The summed E-state index contributed by atoms with van der Waals surface area (Å²) >= 11 is 3.74. The van der Waals surface area contributed by atoms with Crippen molar-refractivity contribution in [3.63, 3.8) is 0 Å². The molecule has 2 aromatic rings. The molecule has 15 heavy (non-hydrogen) atoms. The SMILES string of the molecule is Cn1nccc1NC(=O)c1csc(I)c1. The summed E-state index contributed by atoms with van der Waals surface area (Å²) in [6.07, 6.45) is 1.65. The van der Waals surface area contributed by atoms with Crippen molar-refractivity contribution in [1.29, 1.82) is 0 Å². The highest BCUT2D eigenvalue weighted by Crippen LogP contribution is 2.17. The number of halogens is 1. The van der Waals surface area contributed by atoms with Gasteiger partial charge in [-0.2, -0.15) is 5.10 Å². The van der Waals surface area contributed by atoms with E-state index in [1.807, 2.05) is 11.4 Å². The summed E-state index contributed by atoms with van der Waals surface area (Å²) in [6.45, 7) is 0. The van der Waals surface area contributed by atoms with Crippen LogP contribution in [0.5, 0.6) is 0 Å². The molecule has 0 atom stereocenters. The first kappa shape index (κ1) is 10.6. The van der Waals surface area contributed by atoms with Crippen molar-refractivity contribution < 1.29 is 4.79 Å². The fourth-order valence-corrected chi connectivity index (χ4v) is 2.44. The Balaban J connectivity index is 2.14. The third-order valence-corrected chi connectivity index (χ3v) is 3.68. The number of hydrogen-bond acceptors (Lipinski definition) is 3. The zero-order valence-electron chi connectivity index (χ0n) is 7.90. The molecule has 0 aromatic carbocycles. The molecular weight excluding hydrogens is 325 g/mol. The van der Waals surface area contributed by atoms with Crippen molar-refractivity contribution in [2.45, 2.75) is 0 Å². The highest BCUT2D eigenvalue weighted by atomic mass is 127. The number of rotatable bonds is 2. The van der Waals surface area contributed by atoms with Crippen molar-refractivity contribution >= 4 is 45.7 Å². The topological polar surface area (TPSA) is 46.9 Å². The fraction of sp³-hybridized carbons (Fsp3) is 0.111. The van der Waals surface area contributed by atoms with E-state index < -0.39 is 0 Å². The van der Waals surface area contributed by atoms with Gasteiger partial charge in [0.05, 0.1) is 14.6 Å². The maximum Gasteiger partial charge on any atom is 0.257 e. The fourth-order valence-electron chi connectivity index (χ4n) is 1.11. The van der Waals surface area contributed by atoms with Gasteiger partial charge in [0.2, 0.25) is 0 Å². The maximum atomic E-state index is 11.7. The largest absolute Gasteiger partial charge is 0.307 e. The van der Waals surface area contributed by atoms with E-state index in [0.29, 0.717) is 11.4 Å². The molecule has 0 spiro atoms. The molecule has 2 aromatic heterocycles. The monoisotopic (exact) mass is 333 g/mol. The summed E-state index contributed by atoms with van der Waals surface area (Å²) in [5.74, 6) is 0.596. The average molecular weight is 333 g/mol. The molecule has 4 nitrogen and oxygen atoms in total. The van der Waals surface area contributed by atoms with Crippen LogP contribution in [0.3, 0.4) is 0 Å². The molecule has 2 rings (SSSR count). The number of amides is 1. The summed E-state index contributed by atoms with van der Waals surface area (Å²) < 4.78 is 2.72. The van der Waals surface area contributed by atoms with Gasteiger partial charge in [-0.05, 0) is 28.7 Å². The smallest absolute Gasteiger partial charge is 0.257 e. The van der Waals surface area contributed by atoms with Crippen molar-refractivity contribution in [2.24, 2.45) is 7.05 Å². The molecule has 6 heteroatoms. The molecule has 0 aliphatic carbocycles. The third kappa shape index (κ3) is 2.37. The van der Waals surface area contributed by atoms with E-state index in [0.717, 1.165) is 2.88 Å². The highest BCUT2D eigenvalue weighted by molar-refractivity contribution is 14.1. The Kier molecular flexibility index (Phi) is 3.06. The molecule has 1 N–H and O–H groups in total. The number of aryl methyl sites for hydroxylation is 1. The van der Waals surface area contributed by atoms with E-state index in [2.05, 4.69) is 33.0 Å². The zero-order chi connectivity index (χ0) is 10.8. The first-order valence-corrected chi connectivity index (χ1v) is 6.16. The summed E-state index contributed by atoms with van der Waals surface area (Å²) in [5.41, 5.74) is 0.686. The predicted octanol–water partition coefficient (Wildman–Crippen LogP) is 2.34. The second-order valence-electron chi connectivity index (χ2n) is 2.93. The Hall–Kier alpha value is -0.890. The molecule has 0 saturated heterocycles. The molecule has 1 amide bonds. The minimum atomic E-state index is -0.0993. The van der Waals surface area contributed by atoms with Gasteiger partial charge in [-0.3, -0.25) is 9.48 Å². The predicted molar refractivity (Wildman–Crippen MR) is 68.2 cm³/mol. The molecule has 0 aliphatic heterocycles. The molecule has 78 valence electrons. The molecule has 0 fully saturated rings. The van der Waals surface area contributed by atoms with Crippen molar-refractivity contribution in [1.82, 2.24) is 9.78 Å². The van der Waals surface area contributed by atoms with E-state index in [4.69, 9.17) is 0 Å². The minimum Gasteiger partial charge on any atom is -0.307 e. The van der Waals surface area contributed by atoms with Gasteiger partial charge in [0.25, 0.3) is 5.91 Å². The second-order valence-corrected chi connectivity index (χ2v) is 5.74. The molecule has 0 unspecified atom stereocenters. The van der Waals surface area contributed by atoms with Crippen LogP contribution in [0.15, 0.2) is 23.7 Å². The Morgan fingerprint density at radius 1 is 1.67 bits per heavy atom. The van der Waals surface area contributed by atoms with Crippen LogP contribution in [0.4, 0.5) is 5.82 Å². The van der Waals surface area contributed by atoms with E-state index in [1.54, 1.807) is 35.3 Å². The number of carbonyl (C=O) groups excluding carboxylic acids is 1. The highest BCUT2D eigenvalue weighted by Gasteiger charge is 2.09. The minimum absolute atomic E-state index is 0.0993. The van der Waals surface area contributed by atoms with Crippen LogP contribution in [0.2, 0.25) is 0 Å². The molecule has 0 radical (unpaired) electrons. The number of aromatic nitrogens is 2. The Labute approximate surface area is 104 Å². The van der Waals surface area contributed by atoms with Crippen LogP contribution in [-0.4, -0.2) is 15.7 Å². The number of nitrogens with zero attached hydrogens (tertiary/aromatic N) is 2. The molecule has 0 saturated carbocycles. The number of anilines is 1. The van der Waals surface area contributed by atoms with Gasteiger partial charge in [-0.1, -0.05) is 0 Å². The van der Waals surface area contributed by atoms with Crippen LogP contribution in [0.25, 0.3) is 0 Å². The second kappa shape index (κ2) is 4.31. The molecule has 2 heterocycles. The summed E-state index contributed by atoms with van der Waals surface area (Å²) in [5, 5.41) is 8.60. The lowest BCUT2D eigenvalue weighted by molar-refractivity contribution is 0.102. The standard InChI is InChI=1S/C9H8IN3OS/c1-13-8(2-3-11-13)12-9(14)6-4-7(10)15-5-6/h2-5H,1H3,(H,12,14). The lowest BCUT2D eigenvalue weighted by atomic mass is 10.3. The van der Waals surface area contributed by atoms with Crippen LogP contribution < -0.4 is 5.32 Å². The zero-order valence-corrected chi connectivity index (χ0v) is 10.9. The summed E-state index contributed by atoms with van der Waals surface area (Å²) in [6, 6.07) is 3.62. The number of thiophene rings is 1. The van der Waals surface area contributed by atoms with Gasteiger partial charge in [0.1, 0.15) is 5.82 Å². The van der Waals surface area contributed by atoms with E-state index in [1.165, 1.54) is 0 Å². The van der Waals surface area contributed by atoms with Gasteiger partial charge in [-0.25, -0.2) is 0 Å². The number of nitrogens with one attached hydrogen (secondary N) is 1. The van der Waals surface area contributed by atoms with Gasteiger partial charge in [-0.15, -0.1) is 11.3 Å². The quantitative estimate of drug-likeness (QED) is 0.858. The van der Waals surface area contributed by atoms with Gasteiger partial charge in [0.15, 0.2) is 0 Å². The number of hydrogen-bond donors (Lipinski definition) is 1. The normalized spacial score (nSPS) is 10.3. The first-order valence-electron chi connectivity index (χ1n) is 4.20. The van der Waals surface area contributed by atoms with Crippen molar-refractivity contribution in [2.75, 3.05) is 5.32 Å². The van der Waals surface area contributed by atoms with Crippen LogP contribution in [-0.2, 0) is 7.05 Å². The van der Waals surface area contributed by atoms with E-state index in [9.17, 15) is 4.79 Å². The maximum absolute atomic E-state index is 11.7. The molecule has 0 aliphatic rings. The van der Waals surface area contributed by atoms with E-state index >= 15 is 0 Å². The molecular formula is C9H8IN3OS.